The number of carboxylic acid groups (broad SMARTS) is 1. The minimum Gasteiger partial charge on any atom is -0.481 e. The van der Waals surface area contributed by atoms with Crippen LogP contribution in [0.25, 0.3) is 11.3 Å². The number of aliphatic carboxylic acids is 1. The predicted octanol–water partition coefficient (Wildman–Crippen LogP) is 3.88. The summed E-state index contributed by atoms with van der Waals surface area (Å²) in [5.41, 5.74) is 4.55. The number of thiazole rings is 1. The Hall–Kier alpha value is -3.59. The summed E-state index contributed by atoms with van der Waals surface area (Å²) in [5.74, 6) is -1.62. The van der Waals surface area contributed by atoms with Gasteiger partial charge in [0.05, 0.1) is 12.1 Å². The van der Waals surface area contributed by atoms with Gasteiger partial charge >= 0.3 is 5.97 Å². The van der Waals surface area contributed by atoms with E-state index in [0.717, 1.165) is 22.4 Å². The second-order valence-corrected chi connectivity index (χ2v) is 7.51. The van der Waals surface area contributed by atoms with Gasteiger partial charge < -0.3 is 10.4 Å². The summed E-state index contributed by atoms with van der Waals surface area (Å²) < 4.78 is 0. The van der Waals surface area contributed by atoms with E-state index in [2.05, 4.69) is 20.6 Å². The Morgan fingerprint density at radius 1 is 1.03 bits per heavy atom. The maximum Gasteiger partial charge on any atom is 0.303 e. The number of nitrogens with one attached hydrogen (secondary N) is 2. The molecule has 2 aromatic heterocycles. The second-order valence-electron chi connectivity index (χ2n) is 6.65. The Labute approximate surface area is 177 Å². The van der Waals surface area contributed by atoms with Crippen molar-refractivity contribution in [1.82, 2.24) is 9.97 Å². The number of carbonyl (C=O) groups is 3. The molecule has 3 rings (SSSR count). The van der Waals surface area contributed by atoms with Gasteiger partial charge in [-0.15, -0.1) is 11.3 Å². The molecule has 0 saturated carbocycles. The molecule has 0 fully saturated rings. The number of nitrogens with zero attached hydrogens (tertiary/aromatic N) is 2. The third-order valence-corrected chi connectivity index (χ3v) is 5.06. The molecule has 0 aliphatic carbocycles. The van der Waals surface area contributed by atoms with E-state index in [1.165, 1.54) is 11.3 Å². The van der Waals surface area contributed by atoms with Gasteiger partial charge in [-0.2, -0.15) is 0 Å². The zero-order valence-corrected chi connectivity index (χ0v) is 17.2. The van der Waals surface area contributed by atoms with Crippen LogP contribution in [0.4, 0.5) is 10.8 Å². The lowest BCUT2D eigenvalue weighted by Gasteiger charge is -2.12. The minimum absolute atomic E-state index is 0.0815. The number of anilines is 2. The van der Waals surface area contributed by atoms with Crippen LogP contribution in [0.5, 0.6) is 0 Å². The number of carbonyl (C=O) groups excluding carboxylic acids is 2. The fraction of sp³-hybridized carbons (Fsp3) is 0.190. The van der Waals surface area contributed by atoms with E-state index < -0.39 is 5.97 Å². The molecule has 0 radical (unpaired) electrons. The number of carboxylic acids is 1. The van der Waals surface area contributed by atoms with E-state index in [9.17, 15) is 14.4 Å². The van der Waals surface area contributed by atoms with Crippen molar-refractivity contribution in [3.8, 4) is 11.3 Å². The first-order chi connectivity index (χ1) is 14.3. The molecule has 0 spiro atoms. The first-order valence-electron chi connectivity index (χ1n) is 9.13. The van der Waals surface area contributed by atoms with Gasteiger partial charge in [-0.25, -0.2) is 4.98 Å². The third kappa shape index (κ3) is 5.26. The molecule has 8 nitrogen and oxygen atoms in total. The fourth-order valence-electron chi connectivity index (χ4n) is 3.00. The van der Waals surface area contributed by atoms with Crippen LogP contribution in [0.15, 0.2) is 42.0 Å². The SMILES string of the molecule is Cc1cc(NC(=O)CCC(=O)O)cc(C)c1-c1csc(NC(=O)c2ccncc2)n1. The van der Waals surface area contributed by atoms with Crippen LogP contribution in [-0.4, -0.2) is 32.9 Å². The zero-order valence-electron chi connectivity index (χ0n) is 16.4. The highest BCUT2D eigenvalue weighted by Gasteiger charge is 2.14. The number of pyridine rings is 1. The van der Waals surface area contributed by atoms with Gasteiger partial charge in [-0.1, -0.05) is 0 Å². The van der Waals surface area contributed by atoms with Gasteiger partial charge in [0.1, 0.15) is 0 Å². The molecule has 0 atom stereocenters. The molecular formula is C21H20N4O4S. The van der Waals surface area contributed by atoms with Crippen molar-refractivity contribution in [2.45, 2.75) is 26.7 Å². The summed E-state index contributed by atoms with van der Waals surface area (Å²) in [6.07, 6.45) is 2.81. The maximum absolute atomic E-state index is 12.3. The lowest BCUT2D eigenvalue weighted by molar-refractivity contribution is -0.138. The van der Waals surface area contributed by atoms with Crippen molar-refractivity contribution < 1.29 is 19.5 Å². The van der Waals surface area contributed by atoms with Crippen molar-refractivity contribution in [3.63, 3.8) is 0 Å². The van der Waals surface area contributed by atoms with Crippen LogP contribution in [0, 0.1) is 13.8 Å². The number of benzene rings is 1. The highest BCUT2D eigenvalue weighted by atomic mass is 32.1. The zero-order chi connectivity index (χ0) is 21.7. The Bertz CT molecular complexity index is 1070. The van der Waals surface area contributed by atoms with E-state index in [1.807, 2.05) is 31.4 Å². The summed E-state index contributed by atoms with van der Waals surface area (Å²) in [6.45, 7) is 3.81. The van der Waals surface area contributed by atoms with Gasteiger partial charge in [0, 0.05) is 41.0 Å². The number of rotatable bonds is 7. The third-order valence-electron chi connectivity index (χ3n) is 4.31. The summed E-state index contributed by atoms with van der Waals surface area (Å²) in [6, 6.07) is 6.88. The van der Waals surface area contributed by atoms with E-state index >= 15 is 0 Å². The lowest BCUT2D eigenvalue weighted by Crippen LogP contribution is -2.13. The molecule has 3 aromatic rings. The molecule has 0 aliphatic heterocycles. The quantitative estimate of drug-likeness (QED) is 0.529. The number of hydrogen-bond donors (Lipinski definition) is 3. The standard InChI is InChI=1S/C21H20N4O4S/c1-12-9-15(23-17(26)3-4-18(27)28)10-13(2)19(12)16-11-30-21(24-16)25-20(29)14-5-7-22-8-6-14/h5-11H,3-4H2,1-2H3,(H,23,26)(H,27,28)(H,24,25,29). The molecule has 154 valence electrons. The molecule has 1 aromatic carbocycles. The molecule has 0 saturated heterocycles. The average molecular weight is 424 g/mol. The van der Waals surface area contributed by atoms with Crippen LogP contribution >= 0.6 is 11.3 Å². The van der Waals surface area contributed by atoms with Crippen molar-refractivity contribution in [3.05, 3.63) is 58.7 Å². The Balaban J connectivity index is 1.74. The summed E-state index contributed by atoms with van der Waals surface area (Å²) >= 11 is 1.32. The fourth-order valence-corrected chi connectivity index (χ4v) is 3.70. The first kappa shape index (κ1) is 21.1. The van der Waals surface area contributed by atoms with Crippen molar-refractivity contribution >= 4 is 39.9 Å². The molecule has 0 unspecified atom stereocenters. The number of amides is 2. The van der Waals surface area contributed by atoms with Gasteiger partial charge in [0.25, 0.3) is 5.91 Å². The number of aryl methyl sites for hydroxylation is 2. The first-order valence-corrected chi connectivity index (χ1v) is 10.0. The summed E-state index contributed by atoms with van der Waals surface area (Å²) in [4.78, 5) is 43.2. The molecule has 0 aliphatic rings. The minimum atomic E-state index is -1.01. The number of hydrogen-bond acceptors (Lipinski definition) is 6. The van der Waals surface area contributed by atoms with Crippen LogP contribution in [0.1, 0.15) is 34.3 Å². The highest BCUT2D eigenvalue weighted by molar-refractivity contribution is 7.14. The normalized spacial score (nSPS) is 10.5. The molecule has 9 heteroatoms. The van der Waals surface area contributed by atoms with Crippen LogP contribution in [0.3, 0.4) is 0 Å². The van der Waals surface area contributed by atoms with Gasteiger partial charge in [-0.05, 0) is 49.2 Å². The Kier molecular flexibility index (Phi) is 6.53. The maximum atomic E-state index is 12.3. The van der Waals surface area contributed by atoms with E-state index in [0.29, 0.717) is 16.4 Å². The van der Waals surface area contributed by atoms with Gasteiger partial charge in [-0.3, -0.25) is 24.7 Å². The molecule has 3 N–H and O–H groups in total. The second kappa shape index (κ2) is 9.27. The lowest BCUT2D eigenvalue weighted by atomic mass is 9.99. The molecule has 2 amide bonds. The predicted molar refractivity (Wildman–Crippen MR) is 115 cm³/mol. The van der Waals surface area contributed by atoms with Crippen molar-refractivity contribution in [2.24, 2.45) is 0 Å². The number of aromatic nitrogens is 2. The van der Waals surface area contributed by atoms with E-state index in [-0.39, 0.29) is 24.7 Å². The van der Waals surface area contributed by atoms with E-state index in [1.54, 1.807) is 24.5 Å². The van der Waals surface area contributed by atoms with Crippen LogP contribution < -0.4 is 10.6 Å². The topological polar surface area (TPSA) is 121 Å². The van der Waals surface area contributed by atoms with Crippen molar-refractivity contribution in [1.29, 1.82) is 0 Å². The smallest absolute Gasteiger partial charge is 0.303 e. The monoisotopic (exact) mass is 424 g/mol. The van der Waals surface area contributed by atoms with E-state index in [4.69, 9.17) is 5.11 Å². The molecule has 2 heterocycles. The Morgan fingerprint density at radius 2 is 1.70 bits per heavy atom. The van der Waals surface area contributed by atoms with Crippen LogP contribution in [0.2, 0.25) is 0 Å². The van der Waals surface area contributed by atoms with Crippen molar-refractivity contribution in [2.75, 3.05) is 10.6 Å². The molecule has 0 bridgehead atoms. The Morgan fingerprint density at radius 3 is 2.33 bits per heavy atom. The molecule has 30 heavy (non-hydrogen) atoms. The molecular weight excluding hydrogens is 404 g/mol. The average Bonchev–Trinajstić information content (AvgIpc) is 3.14. The van der Waals surface area contributed by atoms with Gasteiger partial charge in [0.2, 0.25) is 5.91 Å². The van der Waals surface area contributed by atoms with Crippen LogP contribution in [-0.2, 0) is 9.59 Å². The summed E-state index contributed by atoms with van der Waals surface area (Å²) in [5, 5.41) is 16.5. The van der Waals surface area contributed by atoms with Gasteiger partial charge in [0.15, 0.2) is 5.13 Å². The highest BCUT2D eigenvalue weighted by Crippen LogP contribution is 2.32. The summed E-state index contributed by atoms with van der Waals surface area (Å²) in [7, 11) is 0. The largest absolute Gasteiger partial charge is 0.481 e.